The first kappa shape index (κ1) is 58.7. The molecule has 16 atom stereocenters. The lowest BCUT2D eigenvalue weighted by Gasteiger charge is -2.42. The molecule has 2 saturated heterocycles. The number of esters is 1. The molecule has 0 aromatic heterocycles. The molecule has 5 aliphatic rings. The van der Waals surface area contributed by atoms with E-state index in [2.05, 4.69) is 0 Å². The number of methoxy groups -OCH3 is 3. The lowest BCUT2D eigenvalue weighted by Crippen LogP contribution is -2.61. The first-order chi connectivity index (χ1) is 34.2. The third-order valence-electron chi connectivity index (χ3n) is 15.7. The van der Waals surface area contributed by atoms with Gasteiger partial charge in [-0.15, -0.1) is 0 Å². The molecule has 18 heteroatoms. The Morgan fingerprint density at radius 2 is 1.61 bits per heavy atom. The van der Waals surface area contributed by atoms with Crippen LogP contribution in [0.1, 0.15) is 119 Å². The van der Waals surface area contributed by atoms with Gasteiger partial charge in [-0.05, 0) is 107 Å². The summed E-state index contributed by atoms with van der Waals surface area (Å²) in [5.74, 6) is -8.52. The second kappa shape index (κ2) is 26.9. The zero-order chi connectivity index (χ0) is 53.0. The van der Waals surface area contributed by atoms with E-state index in [1.54, 1.807) is 34.0 Å². The molecule has 0 spiro atoms. The molecule has 2 saturated carbocycles. The standard InChI is InChI=1S/C54H81NO17/c1-30-14-10-11-15-39-31(2)24-40(39)48(60)49(68-9)47(59)34(5)22-32(3)42(58)27-45(33(4)23-36-18-20-43(46(25-36)67-8)71-53(64)69-29-37(57)28-56)70-52(63)41-16-12-13-21-55(41)51(62)50(61)54(65)35(6)17-19-38(72-54)26-44(30)66-7/h10-11,14-15,22,31-33,35-38,40-41,43-47,49,56-57,59,65H,12-13,16-21,23-29H2,1-9H3/b11-10+,30-14?,34-22+,39-15-/t31-,32+,33+,35+,36-,37?,38?,40-,41?,43+,44-,45-,46+,47+,49+,54+/m0/s1. The highest BCUT2D eigenvalue weighted by atomic mass is 16.7. The number of nitrogens with zero attached hydrogens (tertiary/aromatic N) is 1. The van der Waals surface area contributed by atoms with E-state index >= 15 is 0 Å². The fourth-order valence-corrected chi connectivity index (χ4v) is 11.0. The van der Waals surface area contributed by atoms with Crippen LogP contribution in [0, 0.1) is 35.5 Å². The van der Waals surface area contributed by atoms with E-state index in [1.165, 1.54) is 14.2 Å². The lowest BCUT2D eigenvalue weighted by atomic mass is 9.67. The van der Waals surface area contributed by atoms with Crippen LogP contribution in [0.3, 0.4) is 0 Å². The summed E-state index contributed by atoms with van der Waals surface area (Å²) >= 11 is 0. The van der Waals surface area contributed by atoms with Gasteiger partial charge in [-0.1, -0.05) is 63.6 Å². The normalized spacial score (nSPS) is 37.9. The van der Waals surface area contributed by atoms with Crippen molar-refractivity contribution in [3.63, 3.8) is 0 Å². The molecule has 3 aliphatic heterocycles. The fourth-order valence-electron chi connectivity index (χ4n) is 11.0. The maximum atomic E-state index is 14.5. The predicted molar refractivity (Wildman–Crippen MR) is 262 cm³/mol. The van der Waals surface area contributed by atoms with Gasteiger partial charge < -0.3 is 58.5 Å². The molecule has 0 aromatic rings. The molecule has 0 radical (unpaired) electrons. The number of carbonyl (C=O) groups excluding carboxylic acids is 6. The number of hydrogen-bond acceptors (Lipinski definition) is 17. The summed E-state index contributed by atoms with van der Waals surface area (Å²) in [5, 5.41) is 42.2. The third-order valence-corrected chi connectivity index (χ3v) is 15.7. The molecule has 2 bridgehead atoms. The highest BCUT2D eigenvalue weighted by molar-refractivity contribution is 6.39. The largest absolute Gasteiger partial charge is 0.508 e. The van der Waals surface area contributed by atoms with Gasteiger partial charge in [0.15, 0.2) is 5.78 Å². The maximum absolute atomic E-state index is 14.5. The fraction of sp³-hybridized carbons (Fsp3) is 0.741. The number of aliphatic hydroxyl groups excluding tert-OH is 3. The molecule has 3 unspecified atom stereocenters. The average molecular weight is 1020 g/mol. The molecule has 404 valence electrons. The van der Waals surface area contributed by atoms with Crippen LogP contribution in [0.2, 0.25) is 0 Å². The first-order valence-corrected chi connectivity index (χ1v) is 25.8. The molecular formula is C54H81NO17. The number of allylic oxidation sites excluding steroid dienone is 6. The smallest absolute Gasteiger partial charge is 0.460 e. The van der Waals surface area contributed by atoms with E-state index in [0.717, 1.165) is 16.0 Å². The Balaban J connectivity index is 1.45. The van der Waals surface area contributed by atoms with E-state index in [-0.39, 0.29) is 49.2 Å². The number of Topliss-reactive ketones (excluding diaryl/α,β-unsaturated/α-hetero) is 3. The van der Waals surface area contributed by atoms with Gasteiger partial charge in [-0.2, -0.15) is 0 Å². The minimum atomic E-state index is -2.47. The highest BCUT2D eigenvalue weighted by Crippen LogP contribution is 2.42. The molecule has 5 rings (SSSR count). The second-order valence-corrected chi connectivity index (χ2v) is 20.9. The van der Waals surface area contributed by atoms with Crippen LogP contribution < -0.4 is 0 Å². The molecule has 18 nitrogen and oxygen atoms in total. The Morgan fingerprint density at radius 1 is 0.889 bits per heavy atom. The number of hydrogen-bond donors (Lipinski definition) is 4. The number of piperidine rings is 1. The van der Waals surface area contributed by atoms with Gasteiger partial charge in [-0.3, -0.25) is 19.2 Å². The van der Waals surface area contributed by atoms with Crippen molar-refractivity contribution < 1.29 is 82.4 Å². The van der Waals surface area contributed by atoms with Gasteiger partial charge >= 0.3 is 12.1 Å². The van der Waals surface area contributed by atoms with Crippen molar-refractivity contribution in [2.75, 3.05) is 41.1 Å². The SMILES string of the molecule is CO[C@H]1CC2CC[C@@H](C)[C@@](O)(O2)C(=O)C(=O)N2CCCCC2C(=O)O[C@H]([C@H](C)C[C@@H]2CC[C@@H](OC(=O)OCC(O)CO)[C@H](OC)C2)CC(=O)[C@H](C)/C=C(\C)[C@@H](O)[C@@H](OC)C(=O)[C@H]2C[C@H](C)/C2=C/C=C/C=C1C. The van der Waals surface area contributed by atoms with Crippen molar-refractivity contribution in [2.24, 2.45) is 35.5 Å². The average Bonchev–Trinajstić information content (AvgIpc) is 3.36. The second-order valence-electron chi connectivity index (χ2n) is 20.9. The van der Waals surface area contributed by atoms with Crippen molar-refractivity contribution in [1.82, 2.24) is 4.90 Å². The van der Waals surface area contributed by atoms with Gasteiger partial charge in [0.05, 0.1) is 24.9 Å². The minimum Gasteiger partial charge on any atom is -0.460 e. The van der Waals surface area contributed by atoms with Gasteiger partial charge in [0.1, 0.15) is 49.0 Å². The van der Waals surface area contributed by atoms with E-state index in [9.17, 15) is 44.1 Å². The van der Waals surface area contributed by atoms with E-state index in [4.69, 9.17) is 38.3 Å². The lowest BCUT2D eigenvalue weighted by molar-refractivity contribution is -0.265. The monoisotopic (exact) mass is 1020 g/mol. The topological polar surface area (TPSA) is 251 Å². The van der Waals surface area contributed by atoms with E-state index in [0.29, 0.717) is 63.4 Å². The van der Waals surface area contributed by atoms with Crippen molar-refractivity contribution in [1.29, 1.82) is 0 Å². The number of ether oxygens (including phenoxy) is 7. The number of aliphatic hydroxyl groups is 4. The zero-order valence-electron chi connectivity index (χ0n) is 43.7. The Kier molecular flexibility index (Phi) is 21.9. The maximum Gasteiger partial charge on any atom is 0.508 e. The molecule has 1 amide bonds. The summed E-state index contributed by atoms with van der Waals surface area (Å²) in [6.07, 6.45) is 5.41. The molecule has 0 aromatic carbocycles. The molecular weight excluding hydrogens is 935 g/mol. The Bertz CT molecular complexity index is 2030. The number of fused-ring (bicyclic) bond motifs is 4. The number of ketones is 3. The minimum absolute atomic E-state index is 0.0403. The van der Waals surface area contributed by atoms with Crippen LogP contribution in [0.4, 0.5) is 4.79 Å². The van der Waals surface area contributed by atoms with Crippen LogP contribution in [0.25, 0.3) is 0 Å². The number of cyclic esters (lactones) is 1. The van der Waals surface area contributed by atoms with Crippen LogP contribution in [-0.2, 0) is 57.1 Å². The van der Waals surface area contributed by atoms with Crippen molar-refractivity contribution in [2.45, 2.75) is 179 Å². The quantitative estimate of drug-likeness (QED) is 0.127. The summed E-state index contributed by atoms with van der Waals surface area (Å²) in [5.41, 5.74) is 2.08. The first-order valence-electron chi connectivity index (χ1n) is 25.8. The van der Waals surface area contributed by atoms with Gasteiger partial charge in [0, 0.05) is 58.5 Å². The van der Waals surface area contributed by atoms with Gasteiger partial charge in [-0.25, -0.2) is 9.59 Å². The molecule has 4 N–H and O–H groups in total. The Hall–Kier alpha value is -4.14. The number of amides is 1. The van der Waals surface area contributed by atoms with Crippen LogP contribution in [0.5, 0.6) is 0 Å². The summed E-state index contributed by atoms with van der Waals surface area (Å²) in [4.78, 5) is 85.0. The number of rotatable bonds is 10. The van der Waals surface area contributed by atoms with Crippen molar-refractivity contribution in [3.05, 3.63) is 47.1 Å². The zero-order valence-corrected chi connectivity index (χ0v) is 43.7. The van der Waals surface area contributed by atoms with Crippen molar-refractivity contribution >= 4 is 35.4 Å². The highest BCUT2D eigenvalue weighted by Gasteiger charge is 2.53. The van der Waals surface area contributed by atoms with Gasteiger partial charge in [0.2, 0.25) is 5.79 Å². The van der Waals surface area contributed by atoms with E-state index in [1.807, 2.05) is 45.1 Å². The molecule has 3 heterocycles. The Morgan fingerprint density at radius 3 is 2.28 bits per heavy atom. The summed E-state index contributed by atoms with van der Waals surface area (Å²) in [6.45, 7) is 9.73. The van der Waals surface area contributed by atoms with Crippen LogP contribution in [-0.4, -0.2) is 162 Å². The Labute approximate surface area is 424 Å². The van der Waals surface area contributed by atoms with Crippen LogP contribution in [0.15, 0.2) is 47.1 Å². The van der Waals surface area contributed by atoms with Crippen molar-refractivity contribution in [3.8, 4) is 0 Å². The number of carbonyl (C=O) groups is 6. The predicted octanol–water partition coefficient (Wildman–Crippen LogP) is 5.06. The van der Waals surface area contributed by atoms with E-state index < -0.39 is 121 Å². The molecule has 4 fully saturated rings. The van der Waals surface area contributed by atoms with Gasteiger partial charge in [0.25, 0.3) is 11.7 Å². The summed E-state index contributed by atoms with van der Waals surface area (Å²) < 4.78 is 40.1. The summed E-state index contributed by atoms with van der Waals surface area (Å²) in [7, 11) is 4.41. The summed E-state index contributed by atoms with van der Waals surface area (Å²) in [6, 6.07) is -1.20. The van der Waals surface area contributed by atoms with Crippen LogP contribution >= 0.6 is 0 Å². The third kappa shape index (κ3) is 14.6. The molecule has 2 aliphatic carbocycles. The molecule has 72 heavy (non-hydrogen) atoms.